The van der Waals surface area contributed by atoms with Crippen LogP contribution in [0.15, 0.2) is 41.4 Å². The average Bonchev–Trinajstić information content (AvgIpc) is 3.15. The van der Waals surface area contributed by atoms with Gasteiger partial charge in [-0.1, -0.05) is 46.1 Å². The lowest BCUT2D eigenvalue weighted by Crippen LogP contribution is -2.51. The van der Waals surface area contributed by atoms with E-state index in [1.807, 2.05) is 12.1 Å². The number of aromatic hydroxyl groups is 2. The van der Waals surface area contributed by atoms with E-state index in [2.05, 4.69) is 31.8 Å². The Hall–Kier alpha value is -4.15. The summed E-state index contributed by atoms with van der Waals surface area (Å²) in [5.74, 6) is 3.28. The molecule has 298 valence electrons. The summed E-state index contributed by atoms with van der Waals surface area (Å²) in [5.41, 5.74) is 18.5. The van der Waals surface area contributed by atoms with Crippen molar-refractivity contribution in [2.45, 2.75) is 116 Å². The van der Waals surface area contributed by atoms with Gasteiger partial charge < -0.3 is 46.1 Å². The molecule has 3 aromatic carbocycles. The number of guanidine groups is 1. The van der Waals surface area contributed by atoms with Gasteiger partial charge in [0.05, 0.1) is 13.2 Å². The Morgan fingerprint density at radius 3 is 2.45 bits per heavy atom. The second-order valence-corrected chi connectivity index (χ2v) is 17.1. The molecule has 0 amide bonds. The molecule has 8 N–H and O–H groups in total. The fraction of sp³-hybridized carbons (Fsp3) is 0.578. The van der Waals surface area contributed by atoms with Gasteiger partial charge in [0.1, 0.15) is 29.5 Å². The van der Waals surface area contributed by atoms with Crippen molar-refractivity contribution in [3.05, 3.63) is 64.2 Å². The Kier molecular flexibility index (Phi) is 11.7. The van der Waals surface area contributed by atoms with Gasteiger partial charge in [0.25, 0.3) is 0 Å². The molecule has 7 rings (SSSR count). The summed E-state index contributed by atoms with van der Waals surface area (Å²) in [7, 11) is 1.69. The van der Waals surface area contributed by atoms with Crippen LogP contribution in [-0.4, -0.2) is 58.9 Å². The Bertz CT molecular complexity index is 1870. The van der Waals surface area contributed by atoms with Gasteiger partial charge in [-0.15, -0.1) is 0 Å². The fourth-order valence-corrected chi connectivity index (χ4v) is 10.4. The number of phenols is 2. The van der Waals surface area contributed by atoms with Crippen LogP contribution in [0.4, 0.5) is 0 Å². The Labute approximate surface area is 325 Å². The third-order valence-corrected chi connectivity index (χ3v) is 12.9. The zero-order valence-electron chi connectivity index (χ0n) is 33.0. The number of methoxy groups -OCH3 is 1. The van der Waals surface area contributed by atoms with E-state index in [1.54, 1.807) is 25.3 Å². The molecule has 4 aliphatic rings. The molecule has 8 atom stereocenters. The Morgan fingerprint density at radius 1 is 0.964 bits per heavy atom. The number of ether oxygens (including phenoxy) is 3. The van der Waals surface area contributed by atoms with Crippen LogP contribution in [0.5, 0.6) is 28.7 Å². The van der Waals surface area contributed by atoms with E-state index >= 15 is 0 Å². The van der Waals surface area contributed by atoms with E-state index in [-0.39, 0.29) is 54.0 Å². The number of hydrogen-bond acceptors (Lipinski definition) is 8. The van der Waals surface area contributed by atoms with Crippen molar-refractivity contribution in [1.82, 2.24) is 0 Å². The molecule has 0 radical (unpaired) electrons. The molecule has 1 heterocycles. The topological polar surface area (TPSA) is 173 Å². The van der Waals surface area contributed by atoms with Crippen molar-refractivity contribution in [3.8, 4) is 39.9 Å². The van der Waals surface area contributed by atoms with Crippen molar-refractivity contribution in [2.75, 3.05) is 20.3 Å². The van der Waals surface area contributed by atoms with Crippen LogP contribution in [0.1, 0.15) is 112 Å². The Morgan fingerprint density at radius 2 is 1.75 bits per heavy atom. The summed E-state index contributed by atoms with van der Waals surface area (Å²) < 4.78 is 19.7. The van der Waals surface area contributed by atoms with Gasteiger partial charge >= 0.3 is 0 Å². The molecule has 2 fully saturated rings. The van der Waals surface area contributed by atoms with Crippen molar-refractivity contribution in [1.29, 1.82) is 0 Å². The maximum Gasteiger partial charge on any atom is 0.185 e. The minimum atomic E-state index is -0.854. The molecule has 10 heteroatoms. The van der Waals surface area contributed by atoms with E-state index in [0.29, 0.717) is 41.7 Å². The van der Waals surface area contributed by atoms with Crippen LogP contribution in [0.3, 0.4) is 0 Å². The highest BCUT2D eigenvalue weighted by atomic mass is 16.5. The minimum Gasteiger partial charge on any atom is -0.508 e. The maximum atomic E-state index is 11.9. The highest BCUT2D eigenvalue weighted by Crippen LogP contribution is 2.54. The first-order chi connectivity index (χ1) is 26.5. The van der Waals surface area contributed by atoms with Gasteiger partial charge in [-0.3, -0.25) is 4.99 Å². The molecule has 3 aliphatic carbocycles. The number of benzene rings is 3. The highest BCUT2D eigenvalue weighted by molar-refractivity contribution is 5.83. The van der Waals surface area contributed by atoms with Gasteiger partial charge in [-0.05, 0) is 127 Å². The van der Waals surface area contributed by atoms with Gasteiger partial charge in [-0.25, -0.2) is 0 Å². The predicted octanol–water partition coefficient (Wildman–Crippen LogP) is 7.29. The molecular weight excluding hydrogens is 695 g/mol. The number of rotatable bonds is 13. The number of unbranched alkanes of at least 4 members (excludes halogenated alkanes) is 2. The SMILES string of the molecule is CCCCC[C@@H]1Cc2cc(O)c(CC(C)C)cc2-c2c(OC)cc3c(c21)C[C@@H](O)[C@H](c1ccc(O)c(O[C@@H]2[C@H]4CC[C@H](CN=C(N)N)[C@H]2[C@@H](CO)CC4)c1)O3. The first-order valence-corrected chi connectivity index (χ1v) is 20.6. The van der Waals surface area contributed by atoms with Crippen LogP contribution in [0.2, 0.25) is 0 Å². The lowest BCUT2D eigenvalue weighted by Gasteiger charge is -2.49. The molecule has 1 aliphatic heterocycles. The van der Waals surface area contributed by atoms with Gasteiger partial charge in [0, 0.05) is 42.7 Å². The summed E-state index contributed by atoms with van der Waals surface area (Å²) in [6.07, 6.45) is 8.29. The van der Waals surface area contributed by atoms with Gasteiger partial charge in [0.15, 0.2) is 17.5 Å². The first kappa shape index (κ1) is 39.1. The van der Waals surface area contributed by atoms with Crippen LogP contribution < -0.4 is 25.7 Å². The fourth-order valence-electron chi connectivity index (χ4n) is 10.4. The second kappa shape index (κ2) is 16.5. The summed E-state index contributed by atoms with van der Waals surface area (Å²) in [6.45, 7) is 7.07. The maximum absolute atomic E-state index is 11.9. The molecule has 0 unspecified atom stereocenters. The van der Waals surface area contributed by atoms with Crippen molar-refractivity contribution >= 4 is 5.96 Å². The molecular formula is C45H61N3O7. The summed E-state index contributed by atoms with van der Waals surface area (Å²) in [5, 5.41) is 44.5. The Balaban J connectivity index is 1.23. The molecule has 55 heavy (non-hydrogen) atoms. The van der Waals surface area contributed by atoms with Crippen molar-refractivity contribution in [3.63, 3.8) is 0 Å². The van der Waals surface area contributed by atoms with E-state index in [9.17, 15) is 20.4 Å². The first-order valence-electron chi connectivity index (χ1n) is 20.6. The van der Waals surface area contributed by atoms with Crippen molar-refractivity contribution in [2.24, 2.45) is 46.0 Å². The van der Waals surface area contributed by atoms with Crippen LogP contribution >= 0.6 is 0 Å². The molecule has 2 bridgehead atoms. The highest BCUT2D eigenvalue weighted by Gasteiger charge is 2.48. The molecule has 0 spiro atoms. The lowest BCUT2D eigenvalue weighted by atomic mass is 9.60. The molecule has 3 aromatic rings. The number of phenolic OH excluding ortho intramolecular Hbond substituents is 2. The molecule has 2 saturated carbocycles. The number of hydrogen-bond donors (Lipinski definition) is 6. The van der Waals surface area contributed by atoms with Crippen LogP contribution in [-0.2, 0) is 19.3 Å². The predicted molar refractivity (Wildman–Crippen MR) is 215 cm³/mol. The molecule has 0 aromatic heterocycles. The summed E-state index contributed by atoms with van der Waals surface area (Å²) >= 11 is 0. The van der Waals surface area contributed by atoms with Gasteiger partial charge in [-0.2, -0.15) is 0 Å². The normalized spacial score (nSPS) is 26.7. The number of aliphatic hydroxyl groups is 2. The zero-order chi connectivity index (χ0) is 39.0. The number of fused-ring (bicyclic) bond motifs is 7. The standard InChI is InChI=1S/C45H61N3O7/c1-5-6-7-8-26-16-30-18-35(51)31(15-24(2)3)17-32(30)42-39(53-4)21-37-33(41(26)42)20-36(52)43(54-37)27-13-14-34(50)38(19-27)55-44-25-9-11-28(22-48-45(46)47)40(44)29(23-49)12-10-25/h13-14,17-19,21,24-26,28-29,36,40,43-44,49-52H,5-12,15-16,20,22-23H2,1-4H3,(H4,46,47,48)/t25-,26+,28+,29+,36+,40-,43-,44+/m0/s1. The smallest absolute Gasteiger partial charge is 0.185 e. The van der Waals surface area contributed by atoms with E-state index in [1.165, 1.54) is 5.56 Å². The lowest BCUT2D eigenvalue weighted by molar-refractivity contribution is -0.0712. The van der Waals surface area contributed by atoms with Crippen LogP contribution in [0.25, 0.3) is 11.1 Å². The van der Waals surface area contributed by atoms with Crippen molar-refractivity contribution < 1.29 is 34.6 Å². The van der Waals surface area contributed by atoms with Crippen LogP contribution in [0, 0.1) is 29.6 Å². The second-order valence-electron chi connectivity index (χ2n) is 17.1. The molecule has 0 saturated heterocycles. The quantitative estimate of drug-likeness (QED) is 0.0595. The summed E-state index contributed by atoms with van der Waals surface area (Å²) in [6, 6.07) is 11.3. The van der Waals surface area contributed by atoms with Gasteiger partial charge in [0.2, 0.25) is 0 Å². The summed E-state index contributed by atoms with van der Waals surface area (Å²) in [4.78, 5) is 4.34. The largest absolute Gasteiger partial charge is 0.508 e. The minimum absolute atomic E-state index is 0.0200. The average molecular weight is 756 g/mol. The van der Waals surface area contributed by atoms with E-state index < -0.39 is 12.2 Å². The molecule has 10 nitrogen and oxygen atoms in total. The van der Waals surface area contributed by atoms with E-state index in [4.69, 9.17) is 25.7 Å². The number of aliphatic imine (C=N–C) groups is 1. The third kappa shape index (κ3) is 7.82. The number of aliphatic hydroxyl groups excluding tert-OH is 2. The number of nitrogens with zero attached hydrogens (tertiary/aromatic N) is 1. The third-order valence-electron chi connectivity index (χ3n) is 12.9. The zero-order valence-corrected chi connectivity index (χ0v) is 33.0. The van der Waals surface area contributed by atoms with E-state index in [0.717, 1.165) is 97.8 Å². The monoisotopic (exact) mass is 755 g/mol. The number of nitrogens with two attached hydrogens (primary N) is 2.